The zero-order chi connectivity index (χ0) is 21.9. The van der Waals surface area contributed by atoms with Gasteiger partial charge in [0.15, 0.2) is 0 Å². The van der Waals surface area contributed by atoms with Gasteiger partial charge < -0.3 is 5.32 Å². The maximum atomic E-state index is 13.4. The summed E-state index contributed by atoms with van der Waals surface area (Å²) in [6.45, 7) is 2.85. The summed E-state index contributed by atoms with van der Waals surface area (Å²) < 4.78 is 39.9. The number of sulfonamides is 1. The molecule has 30 heavy (non-hydrogen) atoms. The molecule has 1 aromatic rings. The molecule has 1 N–H and O–H groups in total. The van der Waals surface area contributed by atoms with E-state index in [2.05, 4.69) is 5.32 Å². The summed E-state index contributed by atoms with van der Waals surface area (Å²) in [5.74, 6) is -1.43. The van der Waals surface area contributed by atoms with Gasteiger partial charge >= 0.3 is 0 Å². The molecule has 1 unspecified atom stereocenters. The molecule has 0 bridgehead atoms. The second-order valence-corrected chi connectivity index (χ2v) is 10.5. The Labute approximate surface area is 177 Å². The number of nitrogens with zero attached hydrogens (tertiary/aromatic N) is 2. The second-order valence-electron chi connectivity index (χ2n) is 8.37. The standard InChI is InChI=1S/C21H30FN3O4S/c1-3-13-30(28,29)24-14-19(26)25(18-11-9-16(22)10-12-18)21(2,15-24)20(27)23-17-7-5-4-6-8-17/h9-12,17H,3-8,13-15H2,1-2H3,(H,23,27). The zero-order valence-corrected chi connectivity index (χ0v) is 18.4. The highest BCUT2D eigenvalue weighted by Gasteiger charge is 2.51. The predicted octanol–water partition coefficient (Wildman–Crippen LogP) is 2.42. The van der Waals surface area contributed by atoms with E-state index >= 15 is 0 Å². The third-order valence-corrected chi connectivity index (χ3v) is 7.88. The minimum absolute atomic E-state index is 0.0101. The molecule has 1 aromatic carbocycles. The average Bonchev–Trinajstić information content (AvgIpc) is 2.69. The molecule has 0 radical (unpaired) electrons. The lowest BCUT2D eigenvalue weighted by Gasteiger charge is -2.47. The van der Waals surface area contributed by atoms with Crippen molar-refractivity contribution in [3.05, 3.63) is 30.1 Å². The molecule has 1 heterocycles. The molecule has 7 nitrogen and oxygen atoms in total. The predicted molar refractivity (Wildman–Crippen MR) is 113 cm³/mol. The van der Waals surface area contributed by atoms with Gasteiger partial charge in [-0.15, -0.1) is 0 Å². The Balaban J connectivity index is 1.96. The van der Waals surface area contributed by atoms with Crippen LogP contribution in [0, 0.1) is 5.82 Å². The smallest absolute Gasteiger partial charge is 0.247 e. The molecular formula is C21H30FN3O4S. The van der Waals surface area contributed by atoms with Crippen LogP contribution in [-0.2, 0) is 19.6 Å². The third-order valence-electron chi connectivity index (χ3n) is 5.91. The van der Waals surface area contributed by atoms with Crippen molar-refractivity contribution >= 4 is 27.5 Å². The van der Waals surface area contributed by atoms with Gasteiger partial charge in [0, 0.05) is 18.3 Å². The van der Waals surface area contributed by atoms with Crippen molar-refractivity contribution in [2.45, 2.75) is 64.0 Å². The lowest BCUT2D eigenvalue weighted by Crippen LogP contribution is -2.71. The maximum Gasteiger partial charge on any atom is 0.247 e. The van der Waals surface area contributed by atoms with E-state index in [1.165, 1.54) is 29.2 Å². The maximum absolute atomic E-state index is 13.4. The van der Waals surface area contributed by atoms with Crippen LogP contribution < -0.4 is 10.2 Å². The quantitative estimate of drug-likeness (QED) is 0.738. The first-order valence-electron chi connectivity index (χ1n) is 10.5. The molecule has 1 atom stereocenters. The highest BCUT2D eigenvalue weighted by molar-refractivity contribution is 7.89. The van der Waals surface area contributed by atoms with Crippen LogP contribution in [0.2, 0.25) is 0 Å². The van der Waals surface area contributed by atoms with Crippen molar-refractivity contribution in [3.63, 3.8) is 0 Å². The summed E-state index contributed by atoms with van der Waals surface area (Å²) in [4.78, 5) is 27.8. The highest BCUT2D eigenvalue weighted by atomic mass is 32.2. The van der Waals surface area contributed by atoms with Crippen molar-refractivity contribution in [2.75, 3.05) is 23.7 Å². The van der Waals surface area contributed by atoms with E-state index in [0.717, 1.165) is 36.4 Å². The molecule has 1 saturated carbocycles. The highest BCUT2D eigenvalue weighted by Crippen LogP contribution is 2.31. The SMILES string of the molecule is CCCS(=O)(=O)N1CC(=O)N(c2ccc(F)cc2)C(C)(C(=O)NC2CCCCC2)C1. The number of nitrogens with one attached hydrogen (secondary N) is 1. The molecule has 9 heteroatoms. The van der Waals surface area contributed by atoms with Gasteiger partial charge in [0.1, 0.15) is 11.4 Å². The van der Waals surface area contributed by atoms with Crippen molar-refractivity contribution in [2.24, 2.45) is 0 Å². The minimum atomic E-state index is -3.67. The molecule has 0 spiro atoms. The van der Waals surface area contributed by atoms with Crippen molar-refractivity contribution < 1.29 is 22.4 Å². The van der Waals surface area contributed by atoms with E-state index in [1.807, 2.05) is 0 Å². The number of hydrogen-bond donors (Lipinski definition) is 1. The van der Waals surface area contributed by atoms with E-state index in [9.17, 15) is 22.4 Å². The van der Waals surface area contributed by atoms with Crippen molar-refractivity contribution in [1.29, 1.82) is 0 Å². The Morgan fingerprint density at radius 3 is 2.43 bits per heavy atom. The third kappa shape index (κ3) is 4.67. The molecule has 1 aliphatic carbocycles. The summed E-state index contributed by atoms with van der Waals surface area (Å²) in [7, 11) is -3.67. The van der Waals surface area contributed by atoms with Crippen molar-refractivity contribution in [3.8, 4) is 0 Å². The Morgan fingerprint density at radius 2 is 1.83 bits per heavy atom. The fourth-order valence-corrected chi connectivity index (χ4v) is 5.86. The molecule has 2 aliphatic rings. The van der Waals surface area contributed by atoms with E-state index in [1.54, 1.807) is 13.8 Å². The van der Waals surface area contributed by atoms with E-state index in [4.69, 9.17) is 0 Å². The minimum Gasteiger partial charge on any atom is -0.351 e. The first kappa shape index (κ1) is 22.7. The zero-order valence-electron chi connectivity index (χ0n) is 17.6. The van der Waals surface area contributed by atoms with Gasteiger partial charge in [-0.2, -0.15) is 4.31 Å². The largest absolute Gasteiger partial charge is 0.351 e. The number of carbonyl (C=O) groups excluding carboxylic acids is 2. The Kier molecular flexibility index (Phi) is 6.81. The molecule has 2 amide bonds. The van der Waals surface area contributed by atoms with Crippen LogP contribution in [0.25, 0.3) is 0 Å². The molecule has 1 aliphatic heterocycles. The molecule has 0 aromatic heterocycles. The fourth-order valence-electron chi connectivity index (χ4n) is 4.33. The number of rotatable bonds is 6. The lowest BCUT2D eigenvalue weighted by molar-refractivity contribution is -0.133. The van der Waals surface area contributed by atoms with Crippen LogP contribution in [0.1, 0.15) is 52.4 Å². The average molecular weight is 440 g/mol. The summed E-state index contributed by atoms with van der Waals surface area (Å²) in [6, 6.07) is 5.34. The van der Waals surface area contributed by atoms with Crippen LogP contribution in [0.5, 0.6) is 0 Å². The topological polar surface area (TPSA) is 86.8 Å². The summed E-state index contributed by atoms with van der Waals surface area (Å²) in [5.41, 5.74) is -1.07. The number of benzene rings is 1. The molecule has 166 valence electrons. The summed E-state index contributed by atoms with van der Waals surface area (Å²) >= 11 is 0. The monoisotopic (exact) mass is 439 g/mol. The number of piperazine rings is 1. The Hall–Kier alpha value is -2.00. The van der Waals surface area contributed by atoms with Crippen LogP contribution in [0.15, 0.2) is 24.3 Å². The number of hydrogen-bond acceptors (Lipinski definition) is 4. The molecule has 2 fully saturated rings. The lowest BCUT2D eigenvalue weighted by atomic mass is 9.91. The normalized spacial score (nSPS) is 24.1. The van der Waals surface area contributed by atoms with E-state index in [-0.39, 0.29) is 30.8 Å². The number of amides is 2. The van der Waals surface area contributed by atoms with Gasteiger partial charge in [-0.3, -0.25) is 14.5 Å². The van der Waals surface area contributed by atoms with Gasteiger partial charge in [-0.05, 0) is 50.5 Å². The molecule has 3 rings (SSSR count). The van der Waals surface area contributed by atoms with Crippen LogP contribution in [0.4, 0.5) is 10.1 Å². The number of halogens is 1. The molecular weight excluding hydrogens is 409 g/mol. The van der Waals surface area contributed by atoms with Crippen molar-refractivity contribution in [1.82, 2.24) is 9.62 Å². The first-order valence-corrected chi connectivity index (χ1v) is 12.2. The number of carbonyl (C=O) groups is 2. The Morgan fingerprint density at radius 1 is 1.20 bits per heavy atom. The molecule has 1 saturated heterocycles. The van der Waals surface area contributed by atoms with Crippen LogP contribution in [-0.4, -0.2) is 55.0 Å². The first-order chi connectivity index (χ1) is 14.2. The van der Waals surface area contributed by atoms with Gasteiger partial charge in [-0.25, -0.2) is 12.8 Å². The second kappa shape index (κ2) is 9.01. The van der Waals surface area contributed by atoms with Gasteiger partial charge in [0.25, 0.3) is 0 Å². The van der Waals surface area contributed by atoms with Gasteiger partial charge in [0.05, 0.1) is 12.3 Å². The van der Waals surface area contributed by atoms with E-state index < -0.39 is 27.3 Å². The Bertz CT molecular complexity index is 884. The van der Waals surface area contributed by atoms with Gasteiger partial charge in [-0.1, -0.05) is 26.2 Å². The van der Waals surface area contributed by atoms with Crippen LogP contribution in [0.3, 0.4) is 0 Å². The van der Waals surface area contributed by atoms with E-state index in [0.29, 0.717) is 12.1 Å². The van der Waals surface area contributed by atoms with Gasteiger partial charge in [0.2, 0.25) is 21.8 Å². The number of anilines is 1. The fraction of sp³-hybridized carbons (Fsp3) is 0.619. The summed E-state index contributed by atoms with van der Waals surface area (Å²) in [6.07, 6.45) is 5.33. The van der Waals surface area contributed by atoms with Crippen LogP contribution >= 0.6 is 0 Å². The summed E-state index contributed by atoms with van der Waals surface area (Å²) in [5, 5.41) is 3.04.